The number of nitrogens with zero attached hydrogens (tertiary/aromatic N) is 1. The normalized spacial score (nSPS) is 10.4. The molecule has 0 saturated heterocycles. The lowest BCUT2D eigenvalue weighted by atomic mass is 10.1. The van der Waals surface area contributed by atoms with Gasteiger partial charge in [0.25, 0.3) is 5.91 Å². The Bertz CT molecular complexity index is 622. The summed E-state index contributed by atoms with van der Waals surface area (Å²) in [6.45, 7) is 7.37. The number of aromatic nitrogens is 1. The van der Waals surface area contributed by atoms with Crippen molar-refractivity contribution in [1.82, 2.24) is 10.3 Å². The second-order valence-electron chi connectivity index (χ2n) is 4.84. The van der Waals surface area contributed by atoms with Gasteiger partial charge in [-0.1, -0.05) is 18.6 Å². The van der Waals surface area contributed by atoms with Gasteiger partial charge < -0.3 is 10.6 Å². The third kappa shape index (κ3) is 4.04. The Morgan fingerprint density at radius 3 is 2.81 bits per heavy atom. The molecule has 2 aromatic rings. The molecule has 1 amide bonds. The Labute approximate surface area is 129 Å². The number of thiazole rings is 1. The van der Waals surface area contributed by atoms with Gasteiger partial charge in [0.15, 0.2) is 0 Å². The molecular weight excluding hydrogens is 282 g/mol. The van der Waals surface area contributed by atoms with Crippen molar-refractivity contribution in [3.63, 3.8) is 0 Å². The predicted molar refractivity (Wildman–Crippen MR) is 88.0 cm³/mol. The van der Waals surface area contributed by atoms with E-state index in [1.54, 1.807) is 11.3 Å². The van der Waals surface area contributed by atoms with Gasteiger partial charge in [0, 0.05) is 23.3 Å². The van der Waals surface area contributed by atoms with Crippen molar-refractivity contribution in [2.45, 2.75) is 33.7 Å². The van der Waals surface area contributed by atoms with Gasteiger partial charge in [-0.05, 0) is 32.4 Å². The minimum absolute atomic E-state index is 0.0668. The zero-order chi connectivity index (χ0) is 15.2. The molecule has 0 aliphatic rings. The van der Waals surface area contributed by atoms with Crippen LogP contribution >= 0.6 is 11.3 Å². The molecular formula is C16H21N3OS. The Balaban J connectivity index is 2.07. The van der Waals surface area contributed by atoms with E-state index in [2.05, 4.69) is 22.5 Å². The molecule has 0 spiro atoms. The molecule has 0 bridgehead atoms. The maximum atomic E-state index is 12.4. The van der Waals surface area contributed by atoms with Crippen LogP contribution in [0.2, 0.25) is 0 Å². The van der Waals surface area contributed by atoms with Gasteiger partial charge in [-0.15, -0.1) is 11.3 Å². The van der Waals surface area contributed by atoms with Gasteiger partial charge in [-0.25, -0.2) is 4.98 Å². The molecule has 0 saturated carbocycles. The van der Waals surface area contributed by atoms with Crippen molar-refractivity contribution in [3.05, 3.63) is 45.4 Å². The van der Waals surface area contributed by atoms with Crippen LogP contribution in [0.15, 0.2) is 24.4 Å². The predicted octanol–water partition coefficient (Wildman–Crippen LogP) is 3.38. The first-order chi connectivity index (χ1) is 10.1. The number of hydrogen-bond acceptors (Lipinski definition) is 4. The summed E-state index contributed by atoms with van der Waals surface area (Å²) in [5.74, 6) is -0.0668. The Morgan fingerprint density at radius 2 is 2.14 bits per heavy atom. The van der Waals surface area contributed by atoms with Crippen LogP contribution in [-0.2, 0) is 13.0 Å². The highest BCUT2D eigenvalue weighted by Gasteiger charge is 2.12. The number of amides is 1. The molecule has 2 N–H and O–H groups in total. The van der Waals surface area contributed by atoms with Crippen LogP contribution in [0.1, 0.15) is 39.7 Å². The van der Waals surface area contributed by atoms with E-state index in [9.17, 15) is 4.79 Å². The molecule has 0 unspecified atom stereocenters. The average Bonchev–Trinajstić information content (AvgIpc) is 2.95. The van der Waals surface area contributed by atoms with Gasteiger partial charge in [0.05, 0.1) is 12.1 Å². The maximum Gasteiger partial charge on any atom is 0.253 e. The molecule has 2 rings (SSSR count). The van der Waals surface area contributed by atoms with Gasteiger partial charge in [-0.3, -0.25) is 4.79 Å². The minimum atomic E-state index is -0.0668. The summed E-state index contributed by atoms with van der Waals surface area (Å²) in [5.41, 5.74) is 2.63. The quantitative estimate of drug-likeness (QED) is 0.860. The summed E-state index contributed by atoms with van der Waals surface area (Å²) < 4.78 is 0. The fraction of sp³-hybridized carbons (Fsp3) is 0.375. The molecule has 112 valence electrons. The van der Waals surface area contributed by atoms with Crippen LogP contribution in [0.5, 0.6) is 0 Å². The summed E-state index contributed by atoms with van der Waals surface area (Å²) in [6, 6.07) is 5.86. The molecule has 0 aliphatic carbocycles. The van der Waals surface area contributed by atoms with E-state index >= 15 is 0 Å². The Morgan fingerprint density at radius 1 is 1.33 bits per heavy atom. The highest BCUT2D eigenvalue weighted by atomic mass is 32.1. The minimum Gasteiger partial charge on any atom is -0.385 e. The first-order valence-corrected chi connectivity index (χ1v) is 8.02. The van der Waals surface area contributed by atoms with Crippen molar-refractivity contribution in [2.24, 2.45) is 0 Å². The SMILES string of the molecule is CCNc1ccc(C)cc1C(=O)NCc1ncc(CC)s1. The Kier molecular flexibility index (Phi) is 5.33. The highest BCUT2D eigenvalue weighted by molar-refractivity contribution is 7.11. The van der Waals surface area contributed by atoms with Crippen LogP contribution < -0.4 is 10.6 Å². The smallest absolute Gasteiger partial charge is 0.253 e. The van der Waals surface area contributed by atoms with Crippen molar-refractivity contribution in [2.75, 3.05) is 11.9 Å². The summed E-state index contributed by atoms with van der Waals surface area (Å²) in [4.78, 5) is 17.9. The van der Waals surface area contributed by atoms with Crippen molar-refractivity contribution >= 4 is 22.9 Å². The molecule has 0 radical (unpaired) electrons. The van der Waals surface area contributed by atoms with E-state index in [0.29, 0.717) is 12.1 Å². The third-order valence-electron chi connectivity index (χ3n) is 3.14. The zero-order valence-electron chi connectivity index (χ0n) is 12.7. The van der Waals surface area contributed by atoms with E-state index < -0.39 is 0 Å². The first kappa shape index (κ1) is 15.5. The summed E-state index contributed by atoms with van der Waals surface area (Å²) in [6.07, 6.45) is 2.86. The lowest BCUT2D eigenvalue weighted by Crippen LogP contribution is -2.24. The summed E-state index contributed by atoms with van der Waals surface area (Å²) >= 11 is 1.65. The second-order valence-corrected chi connectivity index (χ2v) is 6.04. The van der Waals surface area contributed by atoms with Crippen LogP contribution in [0, 0.1) is 6.92 Å². The number of benzene rings is 1. The lowest BCUT2D eigenvalue weighted by molar-refractivity contribution is 0.0951. The van der Waals surface area contributed by atoms with E-state index in [1.807, 2.05) is 38.2 Å². The summed E-state index contributed by atoms with van der Waals surface area (Å²) in [7, 11) is 0. The van der Waals surface area contributed by atoms with E-state index in [1.165, 1.54) is 4.88 Å². The molecule has 0 atom stereocenters. The molecule has 1 aromatic carbocycles. The number of rotatable bonds is 6. The molecule has 5 heteroatoms. The number of hydrogen-bond donors (Lipinski definition) is 2. The maximum absolute atomic E-state index is 12.4. The topological polar surface area (TPSA) is 54.0 Å². The molecule has 1 heterocycles. The first-order valence-electron chi connectivity index (χ1n) is 7.20. The van der Waals surface area contributed by atoms with Crippen molar-refractivity contribution in [3.8, 4) is 0 Å². The van der Waals surface area contributed by atoms with E-state index in [4.69, 9.17) is 0 Å². The van der Waals surface area contributed by atoms with Crippen LogP contribution in [0.25, 0.3) is 0 Å². The lowest BCUT2D eigenvalue weighted by Gasteiger charge is -2.11. The summed E-state index contributed by atoms with van der Waals surface area (Å²) in [5, 5.41) is 7.11. The molecule has 0 fully saturated rings. The monoisotopic (exact) mass is 303 g/mol. The van der Waals surface area contributed by atoms with Crippen molar-refractivity contribution in [1.29, 1.82) is 0 Å². The third-order valence-corrected chi connectivity index (χ3v) is 4.28. The van der Waals surface area contributed by atoms with Gasteiger partial charge >= 0.3 is 0 Å². The fourth-order valence-electron chi connectivity index (χ4n) is 2.03. The van der Waals surface area contributed by atoms with Crippen molar-refractivity contribution < 1.29 is 4.79 Å². The van der Waals surface area contributed by atoms with Crippen LogP contribution in [-0.4, -0.2) is 17.4 Å². The zero-order valence-corrected chi connectivity index (χ0v) is 13.5. The number of aryl methyl sites for hydroxylation is 2. The highest BCUT2D eigenvalue weighted by Crippen LogP contribution is 2.18. The fourth-order valence-corrected chi connectivity index (χ4v) is 2.84. The number of carbonyl (C=O) groups is 1. The average molecular weight is 303 g/mol. The Hall–Kier alpha value is -1.88. The van der Waals surface area contributed by atoms with Gasteiger partial charge in [-0.2, -0.15) is 0 Å². The van der Waals surface area contributed by atoms with E-state index in [-0.39, 0.29) is 5.91 Å². The number of carbonyl (C=O) groups excluding carboxylic acids is 1. The van der Waals surface area contributed by atoms with Gasteiger partial charge in [0.2, 0.25) is 0 Å². The largest absolute Gasteiger partial charge is 0.385 e. The number of anilines is 1. The van der Waals surface area contributed by atoms with Gasteiger partial charge in [0.1, 0.15) is 5.01 Å². The van der Waals surface area contributed by atoms with Crippen LogP contribution in [0.4, 0.5) is 5.69 Å². The standard InChI is InChI=1S/C16H21N3OS/c1-4-12-9-18-15(21-12)10-19-16(20)13-8-11(3)6-7-14(13)17-5-2/h6-9,17H,4-5,10H2,1-3H3,(H,19,20). The van der Waals surface area contributed by atoms with Crippen LogP contribution in [0.3, 0.4) is 0 Å². The van der Waals surface area contributed by atoms with E-state index in [0.717, 1.165) is 29.2 Å². The molecule has 21 heavy (non-hydrogen) atoms. The second kappa shape index (κ2) is 7.22. The molecule has 4 nitrogen and oxygen atoms in total. The number of nitrogens with one attached hydrogen (secondary N) is 2. The molecule has 1 aromatic heterocycles. The molecule has 0 aliphatic heterocycles.